The Labute approximate surface area is 177 Å². The van der Waals surface area contributed by atoms with Crippen LogP contribution in [0.2, 0.25) is 0 Å². The largest absolute Gasteiger partial charge is 0.459 e. The Morgan fingerprint density at radius 3 is 2.40 bits per heavy atom. The van der Waals surface area contributed by atoms with E-state index in [1.54, 1.807) is 32.9 Å². The quantitative estimate of drug-likeness (QED) is 0.551. The first-order chi connectivity index (χ1) is 14.1. The normalized spacial score (nSPS) is 11.5. The van der Waals surface area contributed by atoms with Crippen molar-refractivity contribution in [2.75, 3.05) is 5.32 Å². The van der Waals surface area contributed by atoms with Crippen LogP contribution in [0.15, 0.2) is 35.5 Å². The van der Waals surface area contributed by atoms with Gasteiger partial charge in [-0.3, -0.25) is 4.79 Å². The number of rotatable bonds is 6. The molecule has 3 aromatic rings. The molecule has 0 fully saturated rings. The maximum absolute atomic E-state index is 12.4. The van der Waals surface area contributed by atoms with E-state index in [0.717, 1.165) is 6.92 Å². The summed E-state index contributed by atoms with van der Waals surface area (Å²) in [5, 5.41) is 3.81. The van der Waals surface area contributed by atoms with Crippen LogP contribution >= 0.6 is 11.3 Å². The summed E-state index contributed by atoms with van der Waals surface area (Å²) in [5.41, 5.74) is 1.28. The lowest BCUT2D eigenvalue weighted by Gasteiger charge is -2.09. The third-order valence-electron chi connectivity index (χ3n) is 3.96. The molecule has 2 N–H and O–H groups in total. The number of carbonyl (C=O) groups excluding carboxylic acids is 2. The van der Waals surface area contributed by atoms with Gasteiger partial charge in [0.15, 0.2) is 0 Å². The molecule has 0 radical (unpaired) electrons. The van der Waals surface area contributed by atoms with Crippen molar-refractivity contribution in [3.8, 4) is 0 Å². The number of aryl methyl sites for hydroxylation is 1. The van der Waals surface area contributed by atoms with Crippen LogP contribution in [-0.2, 0) is 19.6 Å². The number of thiophene rings is 1. The van der Waals surface area contributed by atoms with Crippen molar-refractivity contribution >= 4 is 55.0 Å². The number of carbonyl (C=O) groups is 2. The van der Waals surface area contributed by atoms with Gasteiger partial charge in [-0.15, -0.1) is 11.3 Å². The molecule has 11 heteroatoms. The van der Waals surface area contributed by atoms with Gasteiger partial charge >= 0.3 is 5.97 Å². The van der Waals surface area contributed by atoms with E-state index in [-0.39, 0.29) is 11.0 Å². The summed E-state index contributed by atoms with van der Waals surface area (Å²) in [6, 6.07) is 5.85. The van der Waals surface area contributed by atoms with Gasteiger partial charge in [0.25, 0.3) is 10.0 Å². The third kappa shape index (κ3) is 4.57. The van der Waals surface area contributed by atoms with Gasteiger partial charge in [-0.25, -0.2) is 27.9 Å². The Balaban J connectivity index is 1.92. The van der Waals surface area contributed by atoms with Gasteiger partial charge in [0.1, 0.15) is 21.9 Å². The fraction of sp³-hybridized carbons (Fsp3) is 0.263. The van der Waals surface area contributed by atoms with E-state index in [2.05, 4.69) is 15.3 Å². The molecule has 2 heterocycles. The molecular formula is C19H20N4O5S2. The van der Waals surface area contributed by atoms with Crippen LogP contribution in [0.3, 0.4) is 0 Å². The fourth-order valence-corrected chi connectivity index (χ4v) is 4.75. The van der Waals surface area contributed by atoms with E-state index in [1.807, 2.05) is 4.72 Å². The number of hydrogen-bond acceptors (Lipinski definition) is 9. The van der Waals surface area contributed by atoms with E-state index >= 15 is 0 Å². The summed E-state index contributed by atoms with van der Waals surface area (Å²) in [6.07, 6.45) is 1.14. The number of amides is 1. The molecule has 0 aliphatic heterocycles. The van der Waals surface area contributed by atoms with Gasteiger partial charge in [0.05, 0.1) is 16.4 Å². The summed E-state index contributed by atoms with van der Waals surface area (Å²) in [5.74, 6) is -0.598. The van der Waals surface area contributed by atoms with Crippen molar-refractivity contribution < 1.29 is 22.7 Å². The lowest BCUT2D eigenvalue weighted by atomic mass is 10.2. The molecule has 0 spiro atoms. The highest BCUT2D eigenvalue weighted by atomic mass is 32.2. The van der Waals surface area contributed by atoms with E-state index in [0.29, 0.717) is 32.2 Å². The average Bonchev–Trinajstić information content (AvgIpc) is 2.98. The zero-order chi connectivity index (χ0) is 22.1. The van der Waals surface area contributed by atoms with Crippen molar-refractivity contribution in [1.29, 1.82) is 0 Å². The number of esters is 1. The van der Waals surface area contributed by atoms with Crippen molar-refractivity contribution in [3.05, 3.63) is 41.0 Å². The number of hydrogen-bond donors (Lipinski definition) is 2. The predicted octanol–water partition coefficient (Wildman–Crippen LogP) is 3.13. The summed E-state index contributed by atoms with van der Waals surface area (Å²) in [7, 11) is -3.91. The first-order valence-corrected chi connectivity index (χ1v) is 11.2. The Morgan fingerprint density at radius 1 is 1.13 bits per heavy atom. The molecule has 0 unspecified atom stereocenters. The predicted molar refractivity (Wildman–Crippen MR) is 113 cm³/mol. The zero-order valence-corrected chi connectivity index (χ0v) is 18.3. The van der Waals surface area contributed by atoms with Gasteiger partial charge in [-0.05, 0) is 50.6 Å². The van der Waals surface area contributed by atoms with Crippen LogP contribution in [0.25, 0.3) is 10.2 Å². The minimum atomic E-state index is -3.91. The van der Waals surface area contributed by atoms with E-state index < -0.39 is 21.9 Å². The minimum Gasteiger partial charge on any atom is -0.459 e. The standard InChI is InChI=1S/C19H20N4O5S2/c1-10(2)28-19(25)16-11(3)15-17(20-9-21-18(15)29-16)22-13-5-7-14(8-6-13)30(26,27)23-12(4)24/h5-10H,1-4H3,(H,23,24)(H,20,21,22). The Hall–Kier alpha value is -3.05. The monoisotopic (exact) mass is 448 g/mol. The van der Waals surface area contributed by atoms with Crippen molar-refractivity contribution in [2.45, 2.75) is 38.7 Å². The second kappa shape index (κ2) is 8.36. The number of sulfonamides is 1. The van der Waals surface area contributed by atoms with Gasteiger partial charge in [-0.1, -0.05) is 0 Å². The topological polar surface area (TPSA) is 127 Å². The summed E-state index contributed by atoms with van der Waals surface area (Å²) >= 11 is 1.23. The van der Waals surface area contributed by atoms with E-state index in [1.165, 1.54) is 29.8 Å². The van der Waals surface area contributed by atoms with Gasteiger partial charge < -0.3 is 10.1 Å². The first-order valence-electron chi connectivity index (χ1n) is 8.94. The number of anilines is 2. The average molecular weight is 449 g/mol. The van der Waals surface area contributed by atoms with Crippen molar-refractivity contribution in [3.63, 3.8) is 0 Å². The fourth-order valence-electron chi connectivity index (χ4n) is 2.73. The molecule has 0 atom stereocenters. The van der Waals surface area contributed by atoms with Crippen LogP contribution in [0, 0.1) is 6.92 Å². The second-order valence-electron chi connectivity index (χ2n) is 6.72. The van der Waals surface area contributed by atoms with Gasteiger partial charge in [-0.2, -0.15) is 0 Å². The number of nitrogens with one attached hydrogen (secondary N) is 2. The number of fused-ring (bicyclic) bond motifs is 1. The smallest absolute Gasteiger partial charge is 0.348 e. The molecule has 1 aromatic carbocycles. The van der Waals surface area contributed by atoms with Crippen LogP contribution in [0.1, 0.15) is 36.0 Å². The Morgan fingerprint density at radius 2 is 1.80 bits per heavy atom. The molecule has 9 nitrogen and oxygen atoms in total. The summed E-state index contributed by atoms with van der Waals surface area (Å²) in [6.45, 7) is 6.49. The van der Waals surface area contributed by atoms with Crippen LogP contribution in [-0.4, -0.2) is 36.4 Å². The van der Waals surface area contributed by atoms with Crippen LogP contribution in [0.5, 0.6) is 0 Å². The highest BCUT2D eigenvalue weighted by Crippen LogP contribution is 2.35. The van der Waals surface area contributed by atoms with Gasteiger partial charge in [0, 0.05) is 12.6 Å². The van der Waals surface area contributed by atoms with Crippen LogP contribution in [0.4, 0.5) is 11.5 Å². The lowest BCUT2D eigenvalue weighted by molar-refractivity contribution is -0.117. The number of benzene rings is 1. The van der Waals surface area contributed by atoms with Crippen LogP contribution < -0.4 is 10.0 Å². The molecule has 0 aliphatic rings. The molecule has 0 aliphatic carbocycles. The molecule has 1 amide bonds. The second-order valence-corrected chi connectivity index (χ2v) is 9.41. The molecule has 0 saturated carbocycles. The molecule has 30 heavy (non-hydrogen) atoms. The summed E-state index contributed by atoms with van der Waals surface area (Å²) < 4.78 is 31.3. The SMILES string of the molecule is CC(=O)NS(=O)(=O)c1ccc(Nc2ncnc3sc(C(=O)OC(C)C)c(C)c23)cc1. The number of aromatic nitrogens is 2. The zero-order valence-electron chi connectivity index (χ0n) is 16.7. The van der Waals surface area contributed by atoms with Crippen molar-refractivity contribution in [1.82, 2.24) is 14.7 Å². The highest BCUT2D eigenvalue weighted by Gasteiger charge is 2.21. The maximum atomic E-state index is 12.4. The highest BCUT2D eigenvalue weighted by molar-refractivity contribution is 7.90. The number of ether oxygens (including phenoxy) is 1. The molecule has 0 saturated heterocycles. The van der Waals surface area contributed by atoms with E-state index in [9.17, 15) is 18.0 Å². The van der Waals surface area contributed by atoms with Gasteiger partial charge in [0.2, 0.25) is 5.91 Å². The maximum Gasteiger partial charge on any atom is 0.348 e. The summed E-state index contributed by atoms with van der Waals surface area (Å²) in [4.78, 5) is 33.0. The molecule has 0 bridgehead atoms. The van der Waals surface area contributed by atoms with E-state index in [4.69, 9.17) is 4.74 Å². The molecular weight excluding hydrogens is 428 g/mol. The first kappa shape index (κ1) is 21.7. The Kier molecular flexibility index (Phi) is 6.04. The van der Waals surface area contributed by atoms with Crippen molar-refractivity contribution in [2.24, 2.45) is 0 Å². The minimum absolute atomic E-state index is 0.0403. The third-order valence-corrected chi connectivity index (χ3v) is 6.59. The molecule has 158 valence electrons. The number of nitrogens with zero attached hydrogens (tertiary/aromatic N) is 2. The lowest BCUT2D eigenvalue weighted by Crippen LogP contribution is -2.28. The molecule has 3 rings (SSSR count). The molecule has 2 aromatic heterocycles. The Bertz CT molecular complexity index is 1220.